The lowest BCUT2D eigenvalue weighted by Gasteiger charge is -2.04. The zero-order chi connectivity index (χ0) is 16.9. The Hall–Kier alpha value is -2.61. The minimum Gasteiger partial charge on any atom is -0.326 e. The van der Waals surface area contributed by atoms with E-state index >= 15 is 0 Å². The minimum atomic E-state index is -0.347. The Morgan fingerprint density at radius 2 is 1.83 bits per heavy atom. The van der Waals surface area contributed by atoms with Crippen molar-refractivity contribution in [2.24, 2.45) is 0 Å². The van der Waals surface area contributed by atoms with E-state index in [9.17, 15) is 9.18 Å². The summed E-state index contributed by atoms with van der Waals surface area (Å²) in [6, 6.07) is 13.1. The largest absolute Gasteiger partial charge is 0.326 e. The van der Waals surface area contributed by atoms with E-state index in [1.54, 1.807) is 0 Å². The summed E-state index contributed by atoms with van der Waals surface area (Å²) >= 11 is 3.37. The zero-order valence-corrected chi connectivity index (χ0v) is 14.1. The van der Waals surface area contributed by atoms with Gasteiger partial charge in [0.25, 0.3) is 0 Å². The average Bonchev–Trinajstić information content (AvgIpc) is 3.05. The maximum atomic E-state index is 12.8. The van der Waals surface area contributed by atoms with Crippen LogP contribution < -0.4 is 5.32 Å². The van der Waals surface area contributed by atoms with E-state index in [4.69, 9.17) is 0 Å². The summed E-state index contributed by atoms with van der Waals surface area (Å²) < 4.78 is 13.8. The molecule has 6 nitrogen and oxygen atoms in total. The SMILES string of the molecule is O=C(CCn1nnc(-c2ccc(Br)cc2)n1)Nc1ccc(F)cc1. The van der Waals surface area contributed by atoms with Crippen LogP contribution in [0.5, 0.6) is 0 Å². The van der Waals surface area contributed by atoms with Crippen LogP contribution in [0.25, 0.3) is 11.4 Å². The number of hydrogen-bond acceptors (Lipinski definition) is 4. The Balaban J connectivity index is 1.56. The summed E-state index contributed by atoms with van der Waals surface area (Å²) in [4.78, 5) is 13.3. The number of aryl methyl sites for hydroxylation is 1. The van der Waals surface area contributed by atoms with Crippen molar-refractivity contribution in [3.05, 3.63) is 58.8 Å². The molecule has 2 aromatic carbocycles. The molecule has 0 saturated heterocycles. The number of aromatic nitrogens is 4. The second-order valence-electron chi connectivity index (χ2n) is 5.02. The Labute approximate surface area is 145 Å². The molecular weight excluding hydrogens is 377 g/mol. The average molecular weight is 390 g/mol. The Morgan fingerprint density at radius 1 is 1.12 bits per heavy atom. The van der Waals surface area contributed by atoms with Gasteiger partial charge in [0.05, 0.1) is 6.54 Å². The van der Waals surface area contributed by atoms with Crippen molar-refractivity contribution in [2.75, 3.05) is 5.32 Å². The summed E-state index contributed by atoms with van der Waals surface area (Å²) in [5.74, 6) is -0.0502. The van der Waals surface area contributed by atoms with Gasteiger partial charge in [-0.1, -0.05) is 15.9 Å². The molecular formula is C16H13BrFN5O. The van der Waals surface area contributed by atoms with Crippen LogP contribution in [0.15, 0.2) is 53.0 Å². The first-order valence-corrected chi connectivity index (χ1v) is 7.98. The van der Waals surface area contributed by atoms with E-state index < -0.39 is 0 Å². The standard InChI is InChI=1S/C16H13BrFN5O/c17-12-3-1-11(2-4-12)16-20-22-23(21-16)10-9-15(24)19-14-7-5-13(18)6-8-14/h1-8H,9-10H2,(H,19,24). The number of nitrogens with one attached hydrogen (secondary N) is 1. The normalized spacial score (nSPS) is 10.6. The maximum absolute atomic E-state index is 12.8. The number of benzene rings is 2. The number of hydrogen-bond donors (Lipinski definition) is 1. The maximum Gasteiger partial charge on any atom is 0.226 e. The summed E-state index contributed by atoms with van der Waals surface area (Å²) in [7, 11) is 0. The highest BCUT2D eigenvalue weighted by Gasteiger charge is 2.08. The summed E-state index contributed by atoms with van der Waals surface area (Å²) in [6.07, 6.45) is 0.188. The number of tetrazole rings is 1. The van der Waals surface area contributed by atoms with Crippen LogP contribution in [0.2, 0.25) is 0 Å². The summed E-state index contributed by atoms with van der Waals surface area (Å²) in [5.41, 5.74) is 1.39. The monoisotopic (exact) mass is 389 g/mol. The third-order valence-corrected chi connectivity index (χ3v) is 3.75. The molecule has 0 atom stereocenters. The Bertz CT molecular complexity index is 832. The fraction of sp³-hybridized carbons (Fsp3) is 0.125. The van der Waals surface area contributed by atoms with Gasteiger partial charge in [-0.2, -0.15) is 4.80 Å². The van der Waals surface area contributed by atoms with E-state index in [0.29, 0.717) is 18.1 Å². The van der Waals surface area contributed by atoms with Gasteiger partial charge < -0.3 is 5.32 Å². The van der Waals surface area contributed by atoms with Crippen molar-refractivity contribution in [1.29, 1.82) is 0 Å². The Kier molecular flexibility index (Phi) is 4.95. The van der Waals surface area contributed by atoms with Crippen LogP contribution in [0.1, 0.15) is 6.42 Å². The van der Waals surface area contributed by atoms with Gasteiger partial charge in [0, 0.05) is 22.1 Å². The molecule has 0 bridgehead atoms. The molecule has 1 heterocycles. The van der Waals surface area contributed by atoms with E-state index in [-0.39, 0.29) is 18.1 Å². The van der Waals surface area contributed by atoms with Gasteiger partial charge in [0.2, 0.25) is 11.7 Å². The second-order valence-corrected chi connectivity index (χ2v) is 5.94. The van der Waals surface area contributed by atoms with Crippen molar-refractivity contribution in [1.82, 2.24) is 20.2 Å². The van der Waals surface area contributed by atoms with Gasteiger partial charge >= 0.3 is 0 Å². The molecule has 0 saturated carbocycles. The first-order valence-electron chi connectivity index (χ1n) is 7.19. The molecule has 3 rings (SSSR count). The van der Waals surface area contributed by atoms with Crippen LogP contribution in [0, 0.1) is 5.82 Å². The highest BCUT2D eigenvalue weighted by atomic mass is 79.9. The van der Waals surface area contributed by atoms with E-state index in [1.165, 1.54) is 29.1 Å². The van der Waals surface area contributed by atoms with Crippen molar-refractivity contribution < 1.29 is 9.18 Å². The molecule has 0 aliphatic heterocycles. The summed E-state index contributed by atoms with van der Waals surface area (Å²) in [6.45, 7) is 0.302. The molecule has 0 spiro atoms. The van der Waals surface area contributed by atoms with Crippen molar-refractivity contribution in [3.8, 4) is 11.4 Å². The summed E-state index contributed by atoms with van der Waals surface area (Å²) in [5, 5.41) is 14.9. The Morgan fingerprint density at radius 3 is 2.54 bits per heavy atom. The number of carbonyl (C=O) groups is 1. The molecule has 0 fully saturated rings. The molecule has 1 amide bonds. The van der Waals surface area contributed by atoms with Crippen molar-refractivity contribution in [2.45, 2.75) is 13.0 Å². The smallest absolute Gasteiger partial charge is 0.226 e. The van der Waals surface area contributed by atoms with Gasteiger partial charge in [-0.15, -0.1) is 10.2 Å². The molecule has 0 unspecified atom stereocenters. The van der Waals surface area contributed by atoms with Gasteiger partial charge in [-0.05, 0) is 53.7 Å². The van der Waals surface area contributed by atoms with Gasteiger partial charge in [-0.25, -0.2) is 4.39 Å². The molecule has 3 aromatic rings. The number of halogens is 2. The van der Waals surface area contributed by atoms with Crippen LogP contribution in [0.3, 0.4) is 0 Å². The molecule has 0 aliphatic carbocycles. The lowest BCUT2D eigenvalue weighted by Crippen LogP contribution is -2.15. The molecule has 0 aliphatic rings. The van der Waals surface area contributed by atoms with Crippen LogP contribution in [-0.4, -0.2) is 26.1 Å². The van der Waals surface area contributed by atoms with Crippen LogP contribution in [-0.2, 0) is 11.3 Å². The molecule has 8 heteroatoms. The second kappa shape index (κ2) is 7.31. The highest BCUT2D eigenvalue weighted by Crippen LogP contribution is 2.17. The highest BCUT2D eigenvalue weighted by molar-refractivity contribution is 9.10. The zero-order valence-electron chi connectivity index (χ0n) is 12.5. The predicted molar refractivity (Wildman–Crippen MR) is 90.6 cm³/mol. The van der Waals surface area contributed by atoms with Gasteiger partial charge in [-0.3, -0.25) is 4.79 Å². The number of anilines is 1. The molecule has 1 N–H and O–H groups in total. The van der Waals surface area contributed by atoms with Crippen molar-refractivity contribution in [3.63, 3.8) is 0 Å². The van der Waals surface area contributed by atoms with E-state index in [2.05, 4.69) is 36.7 Å². The quantitative estimate of drug-likeness (QED) is 0.726. The minimum absolute atomic E-state index is 0.188. The molecule has 0 radical (unpaired) electrons. The predicted octanol–water partition coefficient (Wildman–Crippen LogP) is 3.27. The third kappa shape index (κ3) is 4.23. The fourth-order valence-corrected chi connectivity index (χ4v) is 2.28. The molecule has 1 aromatic heterocycles. The van der Waals surface area contributed by atoms with Crippen LogP contribution in [0.4, 0.5) is 10.1 Å². The third-order valence-electron chi connectivity index (χ3n) is 3.22. The number of nitrogens with zero attached hydrogens (tertiary/aromatic N) is 4. The fourth-order valence-electron chi connectivity index (χ4n) is 2.01. The molecule has 122 valence electrons. The van der Waals surface area contributed by atoms with Crippen molar-refractivity contribution >= 4 is 27.5 Å². The first kappa shape index (κ1) is 16.3. The number of amides is 1. The van der Waals surface area contributed by atoms with E-state index in [0.717, 1.165) is 10.0 Å². The lowest BCUT2D eigenvalue weighted by molar-refractivity contribution is -0.116. The lowest BCUT2D eigenvalue weighted by atomic mass is 10.2. The van der Waals surface area contributed by atoms with Gasteiger partial charge in [0.15, 0.2) is 0 Å². The number of rotatable bonds is 5. The van der Waals surface area contributed by atoms with Gasteiger partial charge in [0.1, 0.15) is 5.82 Å². The van der Waals surface area contributed by atoms with E-state index in [1.807, 2.05) is 24.3 Å². The topological polar surface area (TPSA) is 72.7 Å². The van der Waals surface area contributed by atoms with Crippen LogP contribution >= 0.6 is 15.9 Å². The molecule has 24 heavy (non-hydrogen) atoms. The first-order chi connectivity index (χ1) is 11.6. The number of carbonyl (C=O) groups excluding carboxylic acids is 1.